The lowest BCUT2D eigenvalue weighted by molar-refractivity contribution is -0.132. The number of aryl methyl sites for hydroxylation is 2. The third kappa shape index (κ3) is 7.65. The number of nitrogens with one attached hydrogen (secondary N) is 1. The summed E-state index contributed by atoms with van der Waals surface area (Å²) in [7, 11) is 1.64. The Balaban J connectivity index is 1.57. The fraction of sp³-hybridized carbons (Fsp3) is 0.615. The highest BCUT2D eigenvalue weighted by Crippen LogP contribution is 2.34. The molecule has 0 bridgehead atoms. The predicted octanol–water partition coefficient (Wildman–Crippen LogP) is 3.80. The predicted molar refractivity (Wildman–Crippen MR) is 129 cm³/mol. The molecule has 1 aliphatic carbocycles. The summed E-state index contributed by atoms with van der Waals surface area (Å²) in [5, 5.41) is 7.31. The van der Waals surface area contributed by atoms with Crippen molar-refractivity contribution >= 4 is 11.8 Å². The molecule has 0 aliphatic heterocycles. The first-order chi connectivity index (χ1) is 16.5. The second-order valence-electron chi connectivity index (χ2n) is 9.15. The number of hydrogen-bond acceptors (Lipinski definition) is 6. The maximum Gasteiger partial charge on any atom is 0.227 e. The highest BCUT2D eigenvalue weighted by Gasteiger charge is 2.38. The lowest BCUT2D eigenvalue weighted by atomic mass is 9.89. The summed E-state index contributed by atoms with van der Waals surface area (Å²) < 4.78 is 10.7. The fourth-order valence-electron chi connectivity index (χ4n) is 4.68. The summed E-state index contributed by atoms with van der Waals surface area (Å²) in [6.45, 7) is 3.27. The van der Waals surface area contributed by atoms with Crippen LogP contribution in [-0.4, -0.2) is 53.7 Å². The molecule has 1 N–H and O–H groups in total. The monoisotopic (exact) mass is 470 g/mol. The number of carbonyl (C=O) groups excluding carboxylic acids is 2. The molecule has 0 radical (unpaired) electrons. The summed E-state index contributed by atoms with van der Waals surface area (Å²) >= 11 is 0. The summed E-state index contributed by atoms with van der Waals surface area (Å²) in [6, 6.07) is 10.3. The minimum atomic E-state index is -0.573. The Labute approximate surface area is 202 Å². The molecule has 3 rings (SSSR count). The largest absolute Gasteiger partial charge is 0.383 e. The van der Waals surface area contributed by atoms with Crippen molar-refractivity contribution in [3.8, 4) is 0 Å². The normalized spacial score (nSPS) is 15.5. The molecule has 1 aliphatic rings. The molecule has 8 heteroatoms. The van der Waals surface area contributed by atoms with E-state index in [1.165, 1.54) is 12.5 Å². The quantitative estimate of drug-likeness (QED) is 0.474. The Morgan fingerprint density at radius 1 is 1.09 bits per heavy atom. The lowest BCUT2D eigenvalue weighted by Gasteiger charge is -2.30. The van der Waals surface area contributed by atoms with E-state index in [9.17, 15) is 9.59 Å². The average molecular weight is 471 g/mol. The number of methoxy groups -OCH3 is 1. The zero-order valence-corrected chi connectivity index (χ0v) is 20.6. The summed E-state index contributed by atoms with van der Waals surface area (Å²) in [4.78, 5) is 31.3. The van der Waals surface area contributed by atoms with E-state index >= 15 is 0 Å². The van der Waals surface area contributed by atoms with Crippen LogP contribution < -0.4 is 5.32 Å². The van der Waals surface area contributed by atoms with E-state index in [2.05, 4.69) is 27.6 Å². The number of carbonyl (C=O) groups is 2. The number of nitrogens with zero attached hydrogens (tertiary/aromatic N) is 3. The lowest BCUT2D eigenvalue weighted by Crippen LogP contribution is -2.45. The van der Waals surface area contributed by atoms with Gasteiger partial charge in [-0.1, -0.05) is 61.2 Å². The molecule has 1 aromatic heterocycles. The molecule has 1 saturated carbocycles. The van der Waals surface area contributed by atoms with Crippen molar-refractivity contribution in [2.24, 2.45) is 0 Å². The highest BCUT2D eigenvalue weighted by molar-refractivity contribution is 5.76. The van der Waals surface area contributed by atoms with Crippen LogP contribution in [-0.2, 0) is 32.7 Å². The fourth-order valence-corrected chi connectivity index (χ4v) is 4.68. The molecule has 0 atom stereocenters. The summed E-state index contributed by atoms with van der Waals surface area (Å²) in [6.07, 6.45) is 8.41. The Kier molecular flexibility index (Phi) is 10.1. The number of rotatable bonds is 12. The van der Waals surface area contributed by atoms with Crippen LogP contribution in [0.25, 0.3) is 0 Å². The Bertz CT molecular complexity index is 891. The molecule has 2 amide bonds. The van der Waals surface area contributed by atoms with Crippen LogP contribution in [0.15, 0.2) is 34.9 Å². The number of benzene rings is 1. The van der Waals surface area contributed by atoms with Gasteiger partial charge in [0.15, 0.2) is 5.82 Å². The smallest absolute Gasteiger partial charge is 0.227 e. The minimum absolute atomic E-state index is 0.0518. The molecule has 0 unspecified atom stereocenters. The number of aromatic nitrogens is 2. The summed E-state index contributed by atoms with van der Waals surface area (Å²) in [5.41, 5.74) is 0.697. The standard InChI is InChI=1S/C26H38N4O4/c1-21(31)28-26(16-8-3-4-9-17-26)25-27-23(34-29-25)14-15-24(32)30(19-20-33-2)18-10-13-22-11-6-5-7-12-22/h5-7,11-12H,3-4,8-10,13-20H2,1-2H3,(H,28,31). The number of amides is 2. The molecule has 0 spiro atoms. The van der Waals surface area contributed by atoms with Gasteiger partial charge >= 0.3 is 0 Å². The molecule has 2 aromatic rings. The molecule has 1 aromatic carbocycles. The van der Waals surface area contributed by atoms with Crippen LogP contribution in [0, 0.1) is 0 Å². The van der Waals surface area contributed by atoms with Crippen LogP contribution in [0.2, 0.25) is 0 Å². The Morgan fingerprint density at radius 2 is 1.82 bits per heavy atom. The van der Waals surface area contributed by atoms with Gasteiger partial charge in [0.25, 0.3) is 0 Å². The van der Waals surface area contributed by atoms with Crippen LogP contribution in [0.3, 0.4) is 0 Å². The van der Waals surface area contributed by atoms with Gasteiger partial charge in [0.05, 0.1) is 6.61 Å². The van der Waals surface area contributed by atoms with E-state index in [0.29, 0.717) is 44.3 Å². The van der Waals surface area contributed by atoms with Gasteiger partial charge in [-0.25, -0.2) is 0 Å². The Hall–Kier alpha value is -2.74. The SMILES string of the molecule is COCCN(CCCc1ccccc1)C(=O)CCc1nc(C2(NC(C)=O)CCCCCC2)no1. The van der Waals surface area contributed by atoms with Crippen LogP contribution >= 0.6 is 0 Å². The van der Waals surface area contributed by atoms with Gasteiger partial charge in [0, 0.05) is 40.0 Å². The van der Waals surface area contributed by atoms with Gasteiger partial charge in [-0.2, -0.15) is 4.98 Å². The topological polar surface area (TPSA) is 97.6 Å². The maximum atomic E-state index is 13.0. The van der Waals surface area contributed by atoms with Crippen LogP contribution in [0.1, 0.15) is 75.6 Å². The highest BCUT2D eigenvalue weighted by atomic mass is 16.5. The second kappa shape index (κ2) is 13.2. The van der Waals surface area contributed by atoms with Crippen molar-refractivity contribution in [1.29, 1.82) is 0 Å². The first kappa shape index (κ1) is 25.9. The van der Waals surface area contributed by atoms with Crippen molar-refractivity contribution in [3.05, 3.63) is 47.6 Å². The molecule has 1 fully saturated rings. The van der Waals surface area contributed by atoms with Gasteiger partial charge in [-0.3, -0.25) is 9.59 Å². The van der Waals surface area contributed by atoms with Crippen molar-refractivity contribution in [2.75, 3.05) is 26.8 Å². The zero-order valence-electron chi connectivity index (χ0n) is 20.6. The van der Waals surface area contributed by atoms with Crippen molar-refractivity contribution in [2.45, 2.75) is 76.7 Å². The first-order valence-electron chi connectivity index (χ1n) is 12.4. The van der Waals surface area contributed by atoms with Gasteiger partial charge in [0.2, 0.25) is 17.7 Å². The van der Waals surface area contributed by atoms with Crippen LogP contribution in [0.4, 0.5) is 0 Å². The van der Waals surface area contributed by atoms with E-state index in [1.54, 1.807) is 7.11 Å². The van der Waals surface area contributed by atoms with Gasteiger partial charge < -0.3 is 19.5 Å². The number of ether oxygens (including phenoxy) is 1. The van der Waals surface area contributed by atoms with Crippen LogP contribution in [0.5, 0.6) is 0 Å². The van der Waals surface area contributed by atoms with Crippen molar-refractivity contribution in [3.63, 3.8) is 0 Å². The third-order valence-electron chi connectivity index (χ3n) is 6.48. The van der Waals surface area contributed by atoms with Gasteiger partial charge in [0.1, 0.15) is 5.54 Å². The van der Waals surface area contributed by atoms with E-state index in [-0.39, 0.29) is 11.8 Å². The van der Waals surface area contributed by atoms with E-state index < -0.39 is 5.54 Å². The first-order valence-corrected chi connectivity index (χ1v) is 12.4. The average Bonchev–Trinajstić information content (AvgIpc) is 3.20. The summed E-state index contributed by atoms with van der Waals surface area (Å²) in [5.74, 6) is 0.933. The molecule has 186 valence electrons. The van der Waals surface area contributed by atoms with Gasteiger partial charge in [-0.15, -0.1) is 0 Å². The molecule has 0 saturated heterocycles. The molecule has 8 nitrogen and oxygen atoms in total. The molecular weight excluding hydrogens is 432 g/mol. The Morgan fingerprint density at radius 3 is 2.50 bits per heavy atom. The minimum Gasteiger partial charge on any atom is -0.383 e. The van der Waals surface area contributed by atoms with Crippen molar-refractivity contribution in [1.82, 2.24) is 20.4 Å². The van der Waals surface area contributed by atoms with Gasteiger partial charge in [-0.05, 0) is 31.2 Å². The zero-order chi connectivity index (χ0) is 24.2. The molecule has 1 heterocycles. The van der Waals surface area contributed by atoms with E-state index in [0.717, 1.165) is 51.4 Å². The number of hydrogen-bond donors (Lipinski definition) is 1. The second-order valence-corrected chi connectivity index (χ2v) is 9.15. The van der Waals surface area contributed by atoms with Crippen molar-refractivity contribution < 1.29 is 18.8 Å². The van der Waals surface area contributed by atoms with E-state index in [4.69, 9.17) is 9.26 Å². The maximum absolute atomic E-state index is 13.0. The molecule has 34 heavy (non-hydrogen) atoms. The third-order valence-corrected chi connectivity index (χ3v) is 6.48. The van der Waals surface area contributed by atoms with E-state index in [1.807, 2.05) is 23.1 Å². The molecular formula is C26H38N4O4.